The minimum atomic E-state index is -0.488. The molecule has 0 radical (unpaired) electrons. The van der Waals surface area contributed by atoms with Crippen molar-refractivity contribution in [2.75, 3.05) is 33.4 Å². The number of hydrogen-bond donors (Lipinski definition) is 2. The number of nitrogens with one attached hydrogen (secondary N) is 1. The summed E-state index contributed by atoms with van der Waals surface area (Å²) in [6.07, 6.45) is -0.488. The molecule has 0 aromatic rings. The van der Waals surface area contributed by atoms with Crippen molar-refractivity contribution in [1.29, 1.82) is 0 Å². The maximum absolute atomic E-state index is 11.4. The average Bonchev–Trinajstić information content (AvgIpc) is 2.43. The molecule has 100 valence electrons. The number of rotatable bonds is 4. The maximum Gasteiger partial charge on any atom is 0.246 e. The lowest BCUT2D eigenvalue weighted by molar-refractivity contribution is -0.125. The van der Waals surface area contributed by atoms with Gasteiger partial charge in [-0.15, -0.1) is 0 Å². The fourth-order valence-corrected chi connectivity index (χ4v) is 2.19. The van der Waals surface area contributed by atoms with Crippen LogP contribution in [0.4, 0.5) is 0 Å². The fourth-order valence-electron chi connectivity index (χ4n) is 2.19. The molecule has 0 aromatic heterocycles. The van der Waals surface area contributed by atoms with Crippen molar-refractivity contribution in [2.45, 2.75) is 32.9 Å². The first-order chi connectivity index (χ1) is 7.81. The number of likely N-dealkylation sites (tertiary alicyclic amines) is 1. The van der Waals surface area contributed by atoms with Crippen LogP contribution in [-0.2, 0) is 9.53 Å². The van der Waals surface area contributed by atoms with Crippen LogP contribution in [0.25, 0.3) is 0 Å². The van der Waals surface area contributed by atoms with Gasteiger partial charge >= 0.3 is 0 Å². The van der Waals surface area contributed by atoms with E-state index in [9.17, 15) is 9.90 Å². The summed E-state index contributed by atoms with van der Waals surface area (Å²) in [6.45, 7) is 8.77. The van der Waals surface area contributed by atoms with Gasteiger partial charge in [0.15, 0.2) is 0 Å². The van der Waals surface area contributed by atoms with E-state index in [-0.39, 0.29) is 24.0 Å². The second kappa shape index (κ2) is 5.80. The van der Waals surface area contributed by atoms with Crippen molar-refractivity contribution in [3.8, 4) is 0 Å². The number of carbonyl (C=O) groups excluding carboxylic acids is 1. The van der Waals surface area contributed by atoms with Gasteiger partial charge in [0, 0.05) is 26.7 Å². The Hall–Kier alpha value is -0.650. The lowest BCUT2D eigenvalue weighted by Gasteiger charge is -2.26. The Bertz CT molecular complexity index is 263. The number of ether oxygens (including phenoxy) is 1. The van der Waals surface area contributed by atoms with E-state index >= 15 is 0 Å². The predicted molar refractivity (Wildman–Crippen MR) is 65.7 cm³/mol. The van der Waals surface area contributed by atoms with Gasteiger partial charge < -0.3 is 15.2 Å². The van der Waals surface area contributed by atoms with Crippen molar-refractivity contribution in [3.05, 3.63) is 0 Å². The van der Waals surface area contributed by atoms with Crippen molar-refractivity contribution >= 4 is 5.91 Å². The van der Waals surface area contributed by atoms with Crippen LogP contribution < -0.4 is 5.32 Å². The normalized spacial score (nSPS) is 26.2. The third kappa shape index (κ3) is 5.02. The van der Waals surface area contributed by atoms with Gasteiger partial charge in [-0.05, 0) is 5.41 Å². The topological polar surface area (TPSA) is 61.8 Å². The molecule has 0 aromatic carbocycles. The largest absolute Gasteiger partial charge is 0.390 e. The molecule has 0 bridgehead atoms. The summed E-state index contributed by atoms with van der Waals surface area (Å²) in [4.78, 5) is 13.6. The highest BCUT2D eigenvalue weighted by molar-refractivity contribution is 5.77. The zero-order valence-electron chi connectivity index (χ0n) is 11.2. The van der Waals surface area contributed by atoms with Crippen LogP contribution in [0.15, 0.2) is 0 Å². The molecule has 1 aliphatic rings. The molecule has 17 heavy (non-hydrogen) atoms. The quantitative estimate of drug-likeness (QED) is 0.721. The fraction of sp³-hybridized carbons (Fsp3) is 0.917. The summed E-state index contributed by atoms with van der Waals surface area (Å²) in [5.41, 5.74) is 0.200. The first-order valence-electron chi connectivity index (χ1n) is 6.00. The minimum absolute atomic E-state index is 0.0441. The third-order valence-electron chi connectivity index (χ3n) is 2.68. The van der Waals surface area contributed by atoms with Gasteiger partial charge in [-0.2, -0.15) is 0 Å². The molecule has 1 saturated heterocycles. The van der Waals surface area contributed by atoms with Crippen molar-refractivity contribution < 1.29 is 14.6 Å². The van der Waals surface area contributed by atoms with Crippen LogP contribution in [0.2, 0.25) is 0 Å². The zero-order chi connectivity index (χ0) is 13.1. The summed E-state index contributed by atoms with van der Waals surface area (Å²) < 4.78 is 4.75. The van der Waals surface area contributed by atoms with Gasteiger partial charge in [0.05, 0.1) is 12.1 Å². The average molecular weight is 244 g/mol. The molecule has 1 heterocycles. The molecular formula is C12H24N2O3. The van der Waals surface area contributed by atoms with E-state index < -0.39 is 6.10 Å². The van der Waals surface area contributed by atoms with Crippen LogP contribution in [0.3, 0.4) is 0 Å². The number of methoxy groups -OCH3 is 1. The van der Waals surface area contributed by atoms with E-state index in [0.717, 1.165) is 6.54 Å². The molecular weight excluding hydrogens is 220 g/mol. The van der Waals surface area contributed by atoms with Crippen LogP contribution >= 0.6 is 0 Å². The number of aliphatic hydroxyl groups excluding tert-OH is 1. The standard InChI is InChI=1S/C12H24N2O3/c1-12(2,3)8-14-5-9(10(15)6-14)13-11(16)7-17-4/h9-10,15H,5-8H2,1-4H3,(H,13,16)/t9-,10-/m1/s1. The first kappa shape index (κ1) is 14.4. The summed E-state index contributed by atoms with van der Waals surface area (Å²) >= 11 is 0. The Kier molecular flexibility index (Phi) is 4.91. The lowest BCUT2D eigenvalue weighted by atomic mass is 9.96. The highest BCUT2D eigenvalue weighted by Crippen LogP contribution is 2.19. The molecule has 0 saturated carbocycles. The van der Waals surface area contributed by atoms with E-state index in [0.29, 0.717) is 13.1 Å². The van der Waals surface area contributed by atoms with Crippen LogP contribution in [0, 0.1) is 5.41 Å². The van der Waals surface area contributed by atoms with Gasteiger partial charge in [-0.3, -0.25) is 9.69 Å². The van der Waals surface area contributed by atoms with Gasteiger partial charge in [0.2, 0.25) is 5.91 Å². The monoisotopic (exact) mass is 244 g/mol. The molecule has 2 atom stereocenters. The van der Waals surface area contributed by atoms with Crippen molar-refractivity contribution in [2.24, 2.45) is 5.41 Å². The molecule has 1 amide bonds. The lowest BCUT2D eigenvalue weighted by Crippen LogP contribution is -2.44. The molecule has 2 N–H and O–H groups in total. The Balaban J connectivity index is 2.41. The molecule has 0 unspecified atom stereocenters. The first-order valence-corrected chi connectivity index (χ1v) is 6.00. The number of carbonyl (C=O) groups is 1. The summed E-state index contributed by atoms with van der Waals surface area (Å²) in [7, 11) is 1.48. The maximum atomic E-state index is 11.4. The molecule has 1 fully saturated rings. The van der Waals surface area contributed by atoms with Crippen LogP contribution in [0.5, 0.6) is 0 Å². The number of nitrogens with zero attached hydrogens (tertiary/aromatic N) is 1. The SMILES string of the molecule is COCC(=O)N[C@@H]1CN(CC(C)(C)C)C[C@H]1O. The number of β-amino-alcohol motifs (C(OH)–C–C–N with tert-alkyl or cyclic N) is 1. The molecule has 0 spiro atoms. The van der Waals surface area contributed by atoms with Crippen LogP contribution in [0.1, 0.15) is 20.8 Å². The highest BCUT2D eigenvalue weighted by Gasteiger charge is 2.33. The van der Waals surface area contributed by atoms with Crippen LogP contribution in [-0.4, -0.2) is 61.4 Å². The summed E-state index contributed by atoms with van der Waals surface area (Å²) in [5.74, 6) is -0.172. The number of hydrogen-bond acceptors (Lipinski definition) is 4. The minimum Gasteiger partial charge on any atom is -0.390 e. The zero-order valence-corrected chi connectivity index (χ0v) is 11.2. The molecule has 5 nitrogen and oxygen atoms in total. The summed E-state index contributed by atoms with van der Waals surface area (Å²) in [6, 6.07) is -0.181. The van der Waals surface area contributed by atoms with E-state index in [1.54, 1.807) is 0 Å². The van der Waals surface area contributed by atoms with Crippen molar-refractivity contribution in [3.63, 3.8) is 0 Å². The Morgan fingerprint density at radius 3 is 2.65 bits per heavy atom. The Morgan fingerprint density at radius 2 is 2.12 bits per heavy atom. The van der Waals surface area contributed by atoms with Crippen molar-refractivity contribution in [1.82, 2.24) is 10.2 Å². The van der Waals surface area contributed by atoms with E-state index in [1.807, 2.05) is 0 Å². The third-order valence-corrected chi connectivity index (χ3v) is 2.68. The van der Waals surface area contributed by atoms with E-state index in [2.05, 4.69) is 31.0 Å². The molecule has 1 rings (SSSR count). The predicted octanol–water partition coefficient (Wildman–Crippen LogP) is -0.160. The van der Waals surface area contributed by atoms with E-state index in [4.69, 9.17) is 4.74 Å². The summed E-state index contributed by atoms with van der Waals surface area (Å²) in [5, 5.41) is 12.7. The van der Waals surface area contributed by atoms with E-state index in [1.165, 1.54) is 7.11 Å². The molecule has 1 aliphatic heterocycles. The number of aliphatic hydroxyl groups is 1. The smallest absolute Gasteiger partial charge is 0.246 e. The Labute approximate surface area is 103 Å². The second-order valence-corrected chi connectivity index (χ2v) is 5.93. The van der Waals surface area contributed by atoms with Gasteiger partial charge in [0.1, 0.15) is 6.61 Å². The number of amides is 1. The van der Waals surface area contributed by atoms with Gasteiger partial charge in [-0.25, -0.2) is 0 Å². The molecule has 0 aliphatic carbocycles. The van der Waals surface area contributed by atoms with Gasteiger partial charge in [-0.1, -0.05) is 20.8 Å². The molecule has 5 heteroatoms. The highest BCUT2D eigenvalue weighted by atomic mass is 16.5. The van der Waals surface area contributed by atoms with Gasteiger partial charge in [0.25, 0.3) is 0 Å². The second-order valence-electron chi connectivity index (χ2n) is 5.93. The Morgan fingerprint density at radius 1 is 1.47 bits per heavy atom.